The second kappa shape index (κ2) is 4.66. The van der Waals surface area contributed by atoms with Gasteiger partial charge in [0.05, 0.1) is 10.4 Å². The lowest BCUT2D eigenvalue weighted by Crippen LogP contribution is -1.93. The summed E-state index contributed by atoms with van der Waals surface area (Å²) in [5, 5.41) is 11.4. The van der Waals surface area contributed by atoms with Crippen molar-refractivity contribution in [2.45, 2.75) is 0 Å². The van der Waals surface area contributed by atoms with E-state index < -0.39 is 4.92 Å². The van der Waals surface area contributed by atoms with Crippen molar-refractivity contribution in [3.8, 4) is 22.9 Å². The van der Waals surface area contributed by atoms with Gasteiger partial charge in [-0.3, -0.25) is 10.1 Å². The molecule has 0 atom stereocenters. The van der Waals surface area contributed by atoms with E-state index in [0.29, 0.717) is 28.2 Å². The fourth-order valence-corrected chi connectivity index (χ4v) is 2.31. The molecule has 7 nitrogen and oxygen atoms in total. The lowest BCUT2D eigenvalue weighted by atomic mass is 10.1. The van der Waals surface area contributed by atoms with Crippen LogP contribution in [0.4, 0.5) is 5.69 Å². The quantitative estimate of drug-likeness (QED) is 0.533. The van der Waals surface area contributed by atoms with E-state index in [4.69, 9.17) is 9.47 Å². The van der Waals surface area contributed by atoms with Crippen molar-refractivity contribution in [1.29, 1.82) is 0 Å². The van der Waals surface area contributed by atoms with Crippen molar-refractivity contribution in [2.24, 2.45) is 0 Å². The summed E-state index contributed by atoms with van der Waals surface area (Å²) in [7, 11) is 0. The average molecular weight is 295 g/mol. The van der Waals surface area contributed by atoms with E-state index in [2.05, 4.69) is 9.97 Å². The molecule has 0 saturated heterocycles. The summed E-state index contributed by atoms with van der Waals surface area (Å²) in [5.41, 5.74) is 1.46. The summed E-state index contributed by atoms with van der Waals surface area (Å²) < 4.78 is 10.6. The molecule has 1 aliphatic heterocycles. The number of ether oxygens (including phenoxy) is 2. The molecule has 2 aromatic carbocycles. The van der Waals surface area contributed by atoms with Gasteiger partial charge in [0, 0.05) is 29.3 Å². The number of fused-ring (bicyclic) bond motifs is 2. The van der Waals surface area contributed by atoms with Gasteiger partial charge in [-0.25, -0.2) is 9.97 Å². The summed E-state index contributed by atoms with van der Waals surface area (Å²) in [5.74, 6) is 1.88. The Kier molecular flexibility index (Phi) is 2.65. The van der Waals surface area contributed by atoms with Crippen LogP contribution < -0.4 is 9.47 Å². The van der Waals surface area contributed by atoms with Crippen LogP contribution >= 0.6 is 0 Å². The minimum absolute atomic E-state index is 0.0203. The van der Waals surface area contributed by atoms with Crippen LogP contribution in [0.3, 0.4) is 0 Å². The van der Waals surface area contributed by atoms with Gasteiger partial charge in [-0.15, -0.1) is 0 Å². The first-order valence-corrected chi connectivity index (χ1v) is 6.52. The number of hydrogen-bond donors (Lipinski definition) is 0. The van der Waals surface area contributed by atoms with E-state index in [1.807, 2.05) is 12.1 Å². The predicted octanol–water partition coefficient (Wildman–Crippen LogP) is 2.93. The number of non-ortho nitro benzene ring substituents is 1. The topological polar surface area (TPSA) is 87.4 Å². The van der Waals surface area contributed by atoms with E-state index in [-0.39, 0.29) is 12.5 Å². The van der Waals surface area contributed by atoms with Gasteiger partial charge in [-0.05, 0) is 24.3 Å². The van der Waals surface area contributed by atoms with Gasteiger partial charge in [0.25, 0.3) is 5.69 Å². The van der Waals surface area contributed by atoms with Gasteiger partial charge in [0.15, 0.2) is 17.3 Å². The maximum absolute atomic E-state index is 10.8. The van der Waals surface area contributed by atoms with Crippen LogP contribution in [0.2, 0.25) is 0 Å². The zero-order valence-electron chi connectivity index (χ0n) is 11.2. The van der Waals surface area contributed by atoms with Crippen LogP contribution in [0.1, 0.15) is 0 Å². The molecule has 1 aliphatic rings. The molecule has 0 aliphatic carbocycles. The number of nitro groups is 1. The normalized spacial score (nSPS) is 12.5. The number of hydrogen-bond acceptors (Lipinski definition) is 6. The van der Waals surface area contributed by atoms with E-state index in [0.717, 1.165) is 5.56 Å². The van der Waals surface area contributed by atoms with E-state index in [9.17, 15) is 10.1 Å². The van der Waals surface area contributed by atoms with Crippen molar-refractivity contribution in [3.05, 3.63) is 52.7 Å². The monoisotopic (exact) mass is 295 g/mol. The second-order valence-electron chi connectivity index (χ2n) is 4.76. The maximum Gasteiger partial charge on any atom is 0.270 e. The van der Waals surface area contributed by atoms with Crippen LogP contribution in [-0.2, 0) is 0 Å². The molecule has 0 fully saturated rings. The molecule has 2 heterocycles. The molecule has 0 saturated carbocycles. The molecule has 0 N–H and O–H groups in total. The van der Waals surface area contributed by atoms with Crippen LogP contribution in [0, 0.1) is 10.1 Å². The zero-order valence-corrected chi connectivity index (χ0v) is 11.2. The number of aromatic nitrogens is 2. The Morgan fingerprint density at radius 1 is 1.09 bits per heavy atom. The van der Waals surface area contributed by atoms with Crippen molar-refractivity contribution in [2.75, 3.05) is 6.79 Å². The molecular formula is C15H9N3O4. The first kappa shape index (κ1) is 12.5. The summed E-state index contributed by atoms with van der Waals surface area (Å²) in [4.78, 5) is 19.1. The minimum Gasteiger partial charge on any atom is -0.454 e. The van der Waals surface area contributed by atoms with Crippen LogP contribution in [-0.4, -0.2) is 21.7 Å². The second-order valence-corrected chi connectivity index (χ2v) is 4.76. The molecule has 4 rings (SSSR count). The lowest BCUT2D eigenvalue weighted by Gasteiger charge is -2.03. The fraction of sp³-hybridized carbons (Fsp3) is 0.0667. The summed E-state index contributed by atoms with van der Waals surface area (Å²) >= 11 is 0. The van der Waals surface area contributed by atoms with Crippen LogP contribution in [0.5, 0.6) is 11.5 Å². The van der Waals surface area contributed by atoms with Crippen LogP contribution in [0.15, 0.2) is 42.6 Å². The Morgan fingerprint density at radius 2 is 1.95 bits per heavy atom. The largest absolute Gasteiger partial charge is 0.454 e. The lowest BCUT2D eigenvalue weighted by molar-refractivity contribution is -0.384. The van der Waals surface area contributed by atoms with Crippen molar-refractivity contribution in [1.82, 2.24) is 9.97 Å². The first-order chi connectivity index (χ1) is 10.7. The molecule has 0 unspecified atom stereocenters. The molecule has 22 heavy (non-hydrogen) atoms. The van der Waals surface area contributed by atoms with Gasteiger partial charge in [0.1, 0.15) is 0 Å². The maximum atomic E-state index is 10.8. The fourth-order valence-electron chi connectivity index (χ4n) is 2.31. The van der Waals surface area contributed by atoms with Gasteiger partial charge < -0.3 is 9.47 Å². The SMILES string of the molecule is O=[N+]([O-])c1ccc2nc(-c3ccc4c(c3)OCO4)ncc2c1. The highest BCUT2D eigenvalue weighted by Gasteiger charge is 2.15. The van der Waals surface area contributed by atoms with Gasteiger partial charge >= 0.3 is 0 Å². The Bertz CT molecular complexity index is 910. The standard InChI is InChI=1S/C15H9N3O4/c19-18(20)11-2-3-12-10(5-11)7-16-15(17-12)9-1-4-13-14(6-9)22-8-21-13/h1-7H,8H2. The molecule has 0 amide bonds. The van der Waals surface area contributed by atoms with E-state index >= 15 is 0 Å². The Morgan fingerprint density at radius 3 is 2.82 bits per heavy atom. The first-order valence-electron chi connectivity index (χ1n) is 6.52. The van der Waals surface area contributed by atoms with Gasteiger partial charge in [0.2, 0.25) is 6.79 Å². The Labute approximate surface area is 124 Å². The third kappa shape index (κ3) is 1.99. The molecular weight excluding hydrogens is 286 g/mol. The highest BCUT2D eigenvalue weighted by atomic mass is 16.7. The molecule has 108 valence electrons. The number of rotatable bonds is 2. The molecule has 1 aromatic heterocycles. The molecule has 7 heteroatoms. The predicted molar refractivity (Wildman–Crippen MR) is 77.8 cm³/mol. The average Bonchev–Trinajstić information content (AvgIpc) is 3.01. The minimum atomic E-state index is -0.439. The third-order valence-corrected chi connectivity index (χ3v) is 3.40. The molecule has 0 spiro atoms. The highest BCUT2D eigenvalue weighted by Crippen LogP contribution is 2.35. The molecule has 3 aromatic rings. The number of benzene rings is 2. The smallest absolute Gasteiger partial charge is 0.270 e. The van der Waals surface area contributed by atoms with E-state index in [1.165, 1.54) is 12.1 Å². The van der Waals surface area contributed by atoms with Gasteiger partial charge in [-0.2, -0.15) is 0 Å². The third-order valence-electron chi connectivity index (χ3n) is 3.40. The summed E-state index contributed by atoms with van der Waals surface area (Å²) in [6.45, 7) is 0.209. The molecule has 0 radical (unpaired) electrons. The van der Waals surface area contributed by atoms with Gasteiger partial charge in [-0.1, -0.05) is 0 Å². The Balaban J connectivity index is 1.79. The van der Waals surface area contributed by atoms with Crippen molar-refractivity contribution < 1.29 is 14.4 Å². The zero-order chi connectivity index (χ0) is 15.1. The highest BCUT2D eigenvalue weighted by molar-refractivity contribution is 5.82. The van der Waals surface area contributed by atoms with Crippen molar-refractivity contribution >= 4 is 16.6 Å². The Hall–Kier alpha value is -3.22. The number of nitro benzene ring substituents is 1. The number of nitrogens with zero attached hydrogens (tertiary/aromatic N) is 3. The summed E-state index contributed by atoms with van der Waals surface area (Å²) in [6, 6.07) is 9.97. The van der Waals surface area contributed by atoms with Crippen molar-refractivity contribution in [3.63, 3.8) is 0 Å². The summed E-state index contributed by atoms with van der Waals surface area (Å²) in [6.07, 6.45) is 1.58. The molecule has 0 bridgehead atoms. The van der Waals surface area contributed by atoms with E-state index in [1.54, 1.807) is 18.3 Å². The van der Waals surface area contributed by atoms with Crippen LogP contribution in [0.25, 0.3) is 22.3 Å².